The molecule has 0 atom stereocenters. The van der Waals surface area contributed by atoms with Crippen LogP contribution < -0.4 is 23.7 Å². The lowest BCUT2D eigenvalue weighted by Crippen LogP contribution is -2.38. The van der Waals surface area contributed by atoms with E-state index in [1.54, 1.807) is 38.4 Å². The summed E-state index contributed by atoms with van der Waals surface area (Å²) in [5.41, 5.74) is 1.20. The van der Waals surface area contributed by atoms with E-state index in [-0.39, 0.29) is 12.4 Å². The molecule has 10 heteroatoms. The molecule has 1 amide bonds. The first kappa shape index (κ1) is 30.1. The highest BCUT2D eigenvalue weighted by Crippen LogP contribution is 2.33. The van der Waals surface area contributed by atoms with Gasteiger partial charge < -0.3 is 33.5 Å². The largest absolute Gasteiger partial charge is 0.493 e. The molecule has 1 aliphatic rings. The number of carbonyl (C=O) groups is 2. The first-order valence-corrected chi connectivity index (χ1v) is 12.0. The fourth-order valence-electron chi connectivity index (χ4n) is 4.24. The Labute approximate surface area is 225 Å². The van der Waals surface area contributed by atoms with Gasteiger partial charge in [-0.3, -0.25) is 9.59 Å². The molecule has 37 heavy (non-hydrogen) atoms. The molecule has 0 saturated carbocycles. The first-order chi connectivity index (χ1) is 17.4. The topological polar surface area (TPSA) is 86.8 Å². The van der Waals surface area contributed by atoms with Gasteiger partial charge in [-0.25, -0.2) is 0 Å². The maximum atomic E-state index is 12.9. The highest BCUT2D eigenvalue weighted by molar-refractivity contribution is 6.43. The van der Waals surface area contributed by atoms with E-state index in [2.05, 4.69) is 4.90 Å². The SMILES string of the molecule is COc1ccc(OCCCN(C)CCCN2CCc3cc(OC)c(OC)cc3C(=O)C2=O)cc1OC.Cl. The van der Waals surface area contributed by atoms with Crippen LogP contribution in [0.5, 0.6) is 28.7 Å². The number of benzene rings is 2. The summed E-state index contributed by atoms with van der Waals surface area (Å²) >= 11 is 0. The van der Waals surface area contributed by atoms with Crippen LogP contribution in [0.4, 0.5) is 0 Å². The zero-order valence-electron chi connectivity index (χ0n) is 22.2. The zero-order valence-corrected chi connectivity index (χ0v) is 23.0. The van der Waals surface area contributed by atoms with Gasteiger partial charge in [-0.2, -0.15) is 0 Å². The maximum absolute atomic E-state index is 12.9. The Morgan fingerprint density at radius 1 is 0.838 bits per heavy atom. The molecule has 1 heterocycles. The van der Waals surface area contributed by atoms with Crippen molar-refractivity contribution in [3.8, 4) is 28.7 Å². The summed E-state index contributed by atoms with van der Waals surface area (Å²) < 4.78 is 27.0. The lowest BCUT2D eigenvalue weighted by atomic mass is 10.0. The minimum Gasteiger partial charge on any atom is -0.493 e. The molecular weight excluding hydrogens is 500 g/mol. The number of ether oxygens (including phenoxy) is 5. The number of amides is 1. The normalized spacial score (nSPS) is 13.0. The van der Waals surface area contributed by atoms with Crippen LogP contribution in [0.3, 0.4) is 0 Å². The summed E-state index contributed by atoms with van der Waals surface area (Å²) in [6.07, 6.45) is 2.22. The van der Waals surface area contributed by atoms with Gasteiger partial charge in [0.15, 0.2) is 23.0 Å². The molecule has 0 radical (unpaired) electrons. The van der Waals surface area contributed by atoms with Crippen LogP contribution >= 0.6 is 12.4 Å². The predicted octanol–water partition coefficient (Wildman–Crippen LogP) is 3.50. The van der Waals surface area contributed by atoms with Gasteiger partial charge in [0.1, 0.15) is 5.75 Å². The second-order valence-electron chi connectivity index (χ2n) is 8.61. The van der Waals surface area contributed by atoms with Crippen LogP contribution in [-0.4, -0.2) is 89.8 Å². The molecule has 0 fully saturated rings. The van der Waals surface area contributed by atoms with E-state index < -0.39 is 11.7 Å². The van der Waals surface area contributed by atoms with Crippen molar-refractivity contribution in [1.29, 1.82) is 0 Å². The van der Waals surface area contributed by atoms with Crippen molar-refractivity contribution in [1.82, 2.24) is 9.80 Å². The van der Waals surface area contributed by atoms with Gasteiger partial charge in [0.05, 0.1) is 35.0 Å². The van der Waals surface area contributed by atoms with Gasteiger partial charge in [-0.1, -0.05) is 0 Å². The van der Waals surface area contributed by atoms with Gasteiger partial charge in [0.2, 0.25) is 0 Å². The van der Waals surface area contributed by atoms with Gasteiger partial charge in [0.25, 0.3) is 11.7 Å². The predicted molar refractivity (Wildman–Crippen MR) is 143 cm³/mol. The van der Waals surface area contributed by atoms with Crippen molar-refractivity contribution in [3.05, 3.63) is 41.5 Å². The molecule has 0 unspecified atom stereocenters. The summed E-state index contributed by atoms with van der Waals surface area (Å²) in [6, 6.07) is 8.89. The van der Waals surface area contributed by atoms with Crippen molar-refractivity contribution >= 4 is 24.1 Å². The summed E-state index contributed by atoms with van der Waals surface area (Å²) in [5, 5.41) is 0. The van der Waals surface area contributed by atoms with Gasteiger partial charge in [-0.15, -0.1) is 12.4 Å². The number of methoxy groups -OCH3 is 4. The molecule has 0 bridgehead atoms. The standard InChI is InChI=1S/C27H36N2O7.ClH/c1-28(12-7-15-36-20-8-9-22(32-2)24(17-20)34-4)11-6-13-29-14-10-19-16-23(33-3)25(35-5)18-21(19)26(30)27(29)31;/h8-9,16-18H,6-7,10-15H2,1-5H3;1H. The molecule has 0 N–H and O–H groups in total. The summed E-state index contributed by atoms with van der Waals surface area (Å²) in [4.78, 5) is 29.5. The van der Waals surface area contributed by atoms with Gasteiger partial charge >= 0.3 is 0 Å². The summed E-state index contributed by atoms with van der Waals surface area (Å²) in [6.45, 7) is 3.26. The lowest BCUT2D eigenvalue weighted by molar-refractivity contribution is -0.126. The number of fused-ring (bicyclic) bond motifs is 1. The highest BCUT2D eigenvalue weighted by Gasteiger charge is 2.30. The van der Waals surface area contributed by atoms with Crippen molar-refractivity contribution in [2.24, 2.45) is 0 Å². The number of hydrogen-bond donors (Lipinski definition) is 0. The van der Waals surface area contributed by atoms with Crippen molar-refractivity contribution in [3.63, 3.8) is 0 Å². The van der Waals surface area contributed by atoms with Crippen LogP contribution in [0.25, 0.3) is 0 Å². The van der Waals surface area contributed by atoms with Crippen LogP contribution in [-0.2, 0) is 11.2 Å². The van der Waals surface area contributed by atoms with Gasteiger partial charge in [-0.05, 0) is 62.7 Å². The van der Waals surface area contributed by atoms with Gasteiger partial charge in [0, 0.05) is 31.3 Å². The van der Waals surface area contributed by atoms with E-state index in [1.807, 2.05) is 25.2 Å². The highest BCUT2D eigenvalue weighted by atomic mass is 35.5. The van der Waals surface area contributed by atoms with Crippen molar-refractivity contribution in [2.75, 3.05) is 68.3 Å². The Morgan fingerprint density at radius 3 is 2.14 bits per heavy atom. The van der Waals surface area contributed by atoms with Crippen molar-refractivity contribution in [2.45, 2.75) is 19.3 Å². The first-order valence-electron chi connectivity index (χ1n) is 12.0. The quantitative estimate of drug-likeness (QED) is 0.284. The molecule has 9 nitrogen and oxygen atoms in total. The third-order valence-corrected chi connectivity index (χ3v) is 6.26. The smallest absolute Gasteiger partial charge is 0.294 e. The molecule has 1 aliphatic heterocycles. The molecule has 0 spiro atoms. The Balaban J connectivity index is 0.00000481. The molecule has 0 saturated heterocycles. The minimum absolute atomic E-state index is 0. The van der Waals surface area contributed by atoms with Crippen LogP contribution in [0.1, 0.15) is 28.8 Å². The van der Waals surface area contributed by atoms with E-state index in [4.69, 9.17) is 23.7 Å². The second-order valence-corrected chi connectivity index (χ2v) is 8.61. The zero-order chi connectivity index (χ0) is 26.1. The molecule has 0 aromatic heterocycles. The number of halogens is 1. The Morgan fingerprint density at radius 2 is 1.46 bits per heavy atom. The van der Waals surface area contributed by atoms with E-state index in [9.17, 15) is 9.59 Å². The number of rotatable bonds is 13. The molecular formula is C27H37ClN2O7. The van der Waals surface area contributed by atoms with E-state index in [0.29, 0.717) is 54.7 Å². The molecule has 3 rings (SSSR count). The average Bonchev–Trinajstić information content (AvgIpc) is 3.01. The number of hydrogen-bond acceptors (Lipinski definition) is 8. The second kappa shape index (κ2) is 14.5. The Bertz CT molecular complexity index is 1060. The van der Waals surface area contributed by atoms with Crippen LogP contribution in [0, 0.1) is 0 Å². The summed E-state index contributed by atoms with van der Waals surface area (Å²) in [5.74, 6) is 2.07. The lowest BCUT2D eigenvalue weighted by Gasteiger charge is -2.22. The van der Waals surface area contributed by atoms with Crippen molar-refractivity contribution < 1.29 is 33.3 Å². The average molecular weight is 537 g/mol. The molecule has 0 aliphatic carbocycles. The third kappa shape index (κ3) is 7.66. The number of nitrogens with zero attached hydrogens (tertiary/aromatic N) is 2. The monoisotopic (exact) mass is 536 g/mol. The third-order valence-electron chi connectivity index (χ3n) is 6.26. The number of Topliss-reactive ketones (excluding diaryl/α,β-unsaturated/α-hetero) is 1. The number of ketones is 1. The Kier molecular flexibility index (Phi) is 11.8. The molecule has 2 aromatic carbocycles. The number of carbonyl (C=O) groups excluding carboxylic acids is 2. The molecule has 2 aromatic rings. The summed E-state index contributed by atoms with van der Waals surface area (Å²) in [7, 11) is 8.30. The fourth-order valence-corrected chi connectivity index (χ4v) is 4.24. The fraction of sp³-hybridized carbons (Fsp3) is 0.481. The maximum Gasteiger partial charge on any atom is 0.294 e. The van der Waals surface area contributed by atoms with Crippen LogP contribution in [0.15, 0.2) is 30.3 Å². The van der Waals surface area contributed by atoms with E-state index in [1.165, 1.54) is 7.11 Å². The van der Waals surface area contributed by atoms with E-state index >= 15 is 0 Å². The molecule has 204 valence electrons. The van der Waals surface area contributed by atoms with E-state index in [0.717, 1.165) is 37.2 Å². The van der Waals surface area contributed by atoms with Crippen LogP contribution in [0.2, 0.25) is 0 Å². The Hall–Kier alpha value is -3.17. The minimum atomic E-state index is -0.496.